The van der Waals surface area contributed by atoms with Crippen LogP contribution in [-0.2, 0) is 24.0 Å². The number of carbonyl (C=O) groups excluding carboxylic acids is 5. The molecule has 0 aliphatic carbocycles. The van der Waals surface area contributed by atoms with Crippen molar-refractivity contribution in [1.29, 1.82) is 0 Å². The normalized spacial score (nSPS) is 12.7. The van der Waals surface area contributed by atoms with E-state index in [0.717, 1.165) is 19.4 Å². The zero-order valence-corrected chi connectivity index (χ0v) is 51.3. The van der Waals surface area contributed by atoms with E-state index in [-0.39, 0.29) is 125 Å². The molecule has 0 saturated heterocycles. The zero-order valence-electron chi connectivity index (χ0n) is 46.3. The molecule has 0 radical (unpaired) electrons. The van der Waals surface area contributed by atoms with E-state index in [1.807, 2.05) is 0 Å². The van der Waals surface area contributed by atoms with Gasteiger partial charge < -0.3 is 109 Å². The smallest absolute Gasteiger partial charge is 1.00 e. The molecule has 0 aromatic carbocycles. The van der Waals surface area contributed by atoms with E-state index in [4.69, 9.17) is 22.9 Å². The van der Waals surface area contributed by atoms with Gasteiger partial charge in [-0.15, -0.1) is 0 Å². The maximum Gasteiger partial charge on any atom is 1.00 e. The first-order chi connectivity index (χ1) is 32.8. The fraction of sp³-hybridized carbons (Fsp3) is 0.889. The summed E-state index contributed by atoms with van der Waals surface area (Å²) < 4.78 is 0. The summed E-state index contributed by atoms with van der Waals surface area (Å²) in [7, 11) is 0. The third-order valence-electron chi connectivity index (χ3n) is 13.3. The van der Waals surface area contributed by atoms with Crippen molar-refractivity contribution < 1.29 is 113 Å². The molecule has 5 unspecified atom stereocenters. The molecule has 13 N–H and O–H groups in total. The molecule has 0 heterocycles. The third kappa shape index (κ3) is 54.4. The Labute approximate surface area is 505 Å². The van der Waals surface area contributed by atoms with Crippen LogP contribution in [-0.4, -0.2) is 98.5 Å². The SMILES string of the molecule is C.C.CCCCCCCCCCCCCCC(C)[NH+](CCNC(=O)C(CCCCN)NC(=O)C(CC(=O)[O-])NC(=O)CNC(=O)C(N)CCCN=C(N)N)C(C)CCCCCCCCCCCCCC.[Cl-].[Cl-].[Cl-].[Cl-].[Na+]. The van der Waals surface area contributed by atoms with Crippen LogP contribution >= 0.6 is 0 Å². The number of aliphatic imine (C=N–C) groups is 1. The van der Waals surface area contributed by atoms with Gasteiger partial charge in [0, 0.05) is 18.9 Å². The number of carboxylic acid groups (broad SMARTS) is 1. The summed E-state index contributed by atoms with van der Waals surface area (Å²) in [5.74, 6) is -4.29. The van der Waals surface area contributed by atoms with Crippen LogP contribution in [0.1, 0.15) is 248 Å². The Morgan fingerprint density at radius 1 is 0.533 bits per heavy atom. The van der Waals surface area contributed by atoms with Crippen LogP contribution in [0, 0.1) is 0 Å². The van der Waals surface area contributed by atoms with Crippen molar-refractivity contribution in [3.63, 3.8) is 0 Å². The maximum atomic E-state index is 13.8. The zero-order chi connectivity index (χ0) is 50.6. The van der Waals surface area contributed by atoms with E-state index in [9.17, 15) is 29.1 Å². The molecule has 5 atom stereocenters. The van der Waals surface area contributed by atoms with E-state index in [1.165, 1.54) is 159 Å². The van der Waals surface area contributed by atoms with Crippen molar-refractivity contribution in [2.75, 3.05) is 32.7 Å². The molecule has 75 heavy (non-hydrogen) atoms. The Balaban J connectivity index is -0.00000107. The molecule has 0 aliphatic rings. The predicted octanol–water partition coefficient (Wildman–Crippen LogP) is -9.03. The van der Waals surface area contributed by atoms with Crippen LogP contribution in [0.2, 0.25) is 0 Å². The summed E-state index contributed by atoms with van der Waals surface area (Å²) in [6.07, 6.45) is 35.2. The van der Waals surface area contributed by atoms with Gasteiger partial charge in [0.15, 0.2) is 5.96 Å². The topological polar surface area (TPSA) is 277 Å². The average molecular weight is 1160 g/mol. The molecule has 0 fully saturated rings. The molecule has 4 amide bonds. The minimum Gasteiger partial charge on any atom is -1.00 e. The number of nitrogens with two attached hydrogens (primary N) is 4. The van der Waals surface area contributed by atoms with Gasteiger partial charge in [0.2, 0.25) is 23.6 Å². The number of carbonyl (C=O) groups is 5. The number of quaternary nitrogens is 1. The van der Waals surface area contributed by atoms with Crippen molar-refractivity contribution in [2.45, 2.75) is 278 Å². The minimum absolute atomic E-state index is 0. The van der Waals surface area contributed by atoms with Gasteiger partial charge in [0.1, 0.15) is 12.1 Å². The summed E-state index contributed by atoms with van der Waals surface area (Å²) in [6, 6.07) is -2.62. The Morgan fingerprint density at radius 3 is 1.35 bits per heavy atom. The average Bonchev–Trinajstić information content (AvgIpc) is 3.30. The third-order valence-corrected chi connectivity index (χ3v) is 13.3. The van der Waals surface area contributed by atoms with Crippen molar-refractivity contribution in [3.8, 4) is 0 Å². The molecule has 446 valence electrons. The van der Waals surface area contributed by atoms with E-state index in [2.05, 4.69) is 54.0 Å². The molecule has 0 spiro atoms. The number of hydrogen-bond acceptors (Lipinski definition) is 9. The number of nitrogens with one attached hydrogen (secondary N) is 5. The molecular weight excluding hydrogens is 1050 g/mol. The fourth-order valence-corrected chi connectivity index (χ4v) is 8.99. The number of rotatable bonds is 48. The quantitative estimate of drug-likeness (QED) is 0.0120. The Hall–Kier alpha value is -1.34. The summed E-state index contributed by atoms with van der Waals surface area (Å²) in [4.78, 5) is 69.5. The number of aliphatic carboxylic acids is 1. The summed E-state index contributed by atoms with van der Waals surface area (Å²) in [6.45, 7) is 10.5. The fourth-order valence-electron chi connectivity index (χ4n) is 8.99. The van der Waals surface area contributed by atoms with Crippen LogP contribution in [0.3, 0.4) is 0 Å². The molecule has 0 rings (SSSR count). The molecule has 0 aromatic rings. The number of carboxylic acids is 1. The van der Waals surface area contributed by atoms with Crippen LogP contribution in [0.15, 0.2) is 4.99 Å². The number of hydrogen-bond donors (Lipinski definition) is 9. The van der Waals surface area contributed by atoms with Gasteiger partial charge in [-0.3, -0.25) is 24.2 Å². The summed E-state index contributed by atoms with van der Waals surface area (Å²) in [5.41, 5.74) is 22.3. The van der Waals surface area contributed by atoms with E-state index < -0.39 is 54.8 Å². The molecule has 0 aliphatic heterocycles. The van der Waals surface area contributed by atoms with Gasteiger partial charge in [0.25, 0.3) is 0 Å². The van der Waals surface area contributed by atoms with Gasteiger partial charge in [-0.2, -0.15) is 0 Å². The van der Waals surface area contributed by atoms with Crippen LogP contribution in [0.25, 0.3) is 0 Å². The van der Waals surface area contributed by atoms with Crippen molar-refractivity contribution in [2.24, 2.45) is 27.9 Å². The molecule has 16 nitrogen and oxygen atoms in total. The Morgan fingerprint density at radius 2 is 0.947 bits per heavy atom. The monoisotopic (exact) mass is 1160 g/mol. The first kappa shape index (κ1) is 90.2. The molecule has 0 aromatic heterocycles. The predicted molar refractivity (Wildman–Crippen MR) is 290 cm³/mol. The van der Waals surface area contributed by atoms with Crippen molar-refractivity contribution >= 4 is 35.6 Å². The Bertz CT molecular complexity index is 1320. The van der Waals surface area contributed by atoms with Crippen molar-refractivity contribution in [1.82, 2.24) is 21.3 Å². The standard InChI is InChI=1S/C52H104N10O6.2CH4.4ClH.Na/c1-5-7-9-11-13-15-17-19-21-23-25-27-32-42(3)62(43(4)33-28-26-24-22-20-18-16-14-12-10-8-6-2)39-38-57-50(67)45(35-29-30-36-53)61-51(68)46(40-48(64)65)60-47(63)41-59-49(66)44(54)34-31-37-58-52(55)56;;;;;;;/h42-46H,5-41,53-54H2,1-4H3,(H,57,67)(H,59,66)(H,60,63)(H,61,68)(H,64,65)(H4,55,56,58);2*1H4;4*1H;/q;;;;;;;+1/p-4. The number of amides is 4. The molecule has 0 bridgehead atoms. The Kier molecular flexibility index (Phi) is 76.4. The number of unbranched alkanes of at least 4 members (excludes halogenated alkanes) is 23. The van der Waals surface area contributed by atoms with Crippen LogP contribution in [0.4, 0.5) is 0 Å². The number of guanidine groups is 1. The summed E-state index contributed by atoms with van der Waals surface area (Å²) >= 11 is 0. The second kappa shape index (κ2) is 63.5. The van der Waals surface area contributed by atoms with Crippen molar-refractivity contribution in [3.05, 3.63) is 0 Å². The van der Waals surface area contributed by atoms with Crippen LogP contribution < -0.4 is 133 Å². The first-order valence-electron chi connectivity index (χ1n) is 27.5. The van der Waals surface area contributed by atoms with E-state index in [1.54, 1.807) is 0 Å². The first-order valence-corrected chi connectivity index (χ1v) is 27.5. The van der Waals surface area contributed by atoms with Gasteiger partial charge in [-0.1, -0.05) is 170 Å². The largest absolute Gasteiger partial charge is 1.00 e. The van der Waals surface area contributed by atoms with Gasteiger partial charge in [-0.25, -0.2) is 0 Å². The number of halogens is 4. The second-order valence-electron chi connectivity index (χ2n) is 19.6. The number of nitrogens with zero attached hydrogens (tertiary/aromatic N) is 1. The van der Waals surface area contributed by atoms with Gasteiger partial charge in [0.05, 0.1) is 37.8 Å². The second-order valence-corrected chi connectivity index (χ2v) is 19.6. The summed E-state index contributed by atoms with van der Waals surface area (Å²) in [5, 5.41) is 22.2. The minimum atomic E-state index is -1.57. The van der Waals surface area contributed by atoms with E-state index in [0.29, 0.717) is 44.4 Å². The molecular formula is C54H112Cl4N10NaO6-3. The molecule has 0 saturated carbocycles. The van der Waals surface area contributed by atoms with E-state index >= 15 is 0 Å². The van der Waals surface area contributed by atoms with Gasteiger partial charge >= 0.3 is 29.6 Å². The maximum absolute atomic E-state index is 13.8. The molecule has 21 heteroatoms. The van der Waals surface area contributed by atoms with Crippen LogP contribution in [0.5, 0.6) is 0 Å². The van der Waals surface area contributed by atoms with Gasteiger partial charge in [-0.05, 0) is 78.2 Å².